The van der Waals surface area contributed by atoms with E-state index in [0.29, 0.717) is 24.1 Å². The first-order chi connectivity index (χ1) is 14.5. The van der Waals surface area contributed by atoms with Crippen LogP contribution in [0.4, 0.5) is 14.5 Å². The molecule has 3 aromatic carbocycles. The van der Waals surface area contributed by atoms with Crippen LogP contribution < -0.4 is 14.8 Å². The Labute approximate surface area is 174 Å². The van der Waals surface area contributed by atoms with Crippen LogP contribution >= 0.6 is 0 Å². The minimum absolute atomic E-state index is 0.0980. The summed E-state index contributed by atoms with van der Waals surface area (Å²) in [6, 6.07) is 21.7. The van der Waals surface area contributed by atoms with Gasteiger partial charge in [-0.05, 0) is 41.8 Å². The minimum atomic E-state index is -2.92. The summed E-state index contributed by atoms with van der Waals surface area (Å²) in [7, 11) is 1.59. The molecule has 0 aliphatic rings. The number of alkyl halides is 2. The van der Waals surface area contributed by atoms with Crippen molar-refractivity contribution in [3.05, 3.63) is 89.5 Å². The normalized spacial score (nSPS) is 10.7. The molecule has 0 spiro atoms. The lowest BCUT2D eigenvalue weighted by atomic mass is 10.0. The number of rotatable bonds is 9. The molecule has 0 saturated heterocycles. The molecule has 1 N–H and O–H groups in total. The van der Waals surface area contributed by atoms with E-state index in [0.717, 1.165) is 16.9 Å². The number of benzene rings is 3. The Kier molecular flexibility index (Phi) is 7.38. The van der Waals surface area contributed by atoms with Gasteiger partial charge in [-0.2, -0.15) is 8.78 Å². The van der Waals surface area contributed by atoms with Crippen LogP contribution in [0, 0.1) is 0 Å². The SMILES string of the molecule is COc1ccccc1CCC(=O)Nc1ccc(OC(F)F)c(Cc2ccccc2)c1. The highest BCUT2D eigenvalue weighted by atomic mass is 19.3. The molecule has 0 bridgehead atoms. The number of aryl methyl sites for hydroxylation is 1. The Balaban J connectivity index is 1.70. The second-order valence-electron chi connectivity index (χ2n) is 6.72. The van der Waals surface area contributed by atoms with E-state index in [-0.39, 0.29) is 18.1 Å². The number of hydrogen-bond acceptors (Lipinski definition) is 3. The van der Waals surface area contributed by atoms with Gasteiger partial charge < -0.3 is 14.8 Å². The number of nitrogens with one attached hydrogen (secondary N) is 1. The van der Waals surface area contributed by atoms with Crippen LogP contribution in [0.3, 0.4) is 0 Å². The molecule has 30 heavy (non-hydrogen) atoms. The summed E-state index contributed by atoms with van der Waals surface area (Å²) in [5, 5.41) is 2.83. The number of hydrogen-bond donors (Lipinski definition) is 1. The number of amides is 1. The van der Waals surface area contributed by atoms with Gasteiger partial charge >= 0.3 is 6.61 Å². The number of para-hydroxylation sites is 1. The molecule has 6 heteroatoms. The number of halogens is 2. The van der Waals surface area contributed by atoms with Gasteiger partial charge in [0, 0.05) is 24.1 Å². The van der Waals surface area contributed by atoms with Gasteiger partial charge in [0.15, 0.2) is 0 Å². The molecule has 3 rings (SSSR count). The zero-order valence-corrected chi connectivity index (χ0v) is 16.6. The summed E-state index contributed by atoms with van der Waals surface area (Å²) < 4.78 is 35.5. The number of carbonyl (C=O) groups excluding carboxylic acids is 1. The molecule has 0 radical (unpaired) electrons. The maximum absolute atomic E-state index is 12.8. The van der Waals surface area contributed by atoms with Gasteiger partial charge in [0.05, 0.1) is 7.11 Å². The molecular formula is C24H23F2NO3. The highest BCUT2D eigenvalue weighted by molar-refractivity contribution is 5.91. The predicted molar refractivity (Wildman–Crippen MR) is 112 cm³/mol. The molecule has 156 valence electrons. The third-order valence-electron chi connectivity index (χ3n) is 4.61. The molecule has 4 nitrogen and oxygen atoms in total. The summed E-state index contributed by atoms with van der Waals surface area (Å²) >= 11 is 0. The highest BCUT2D eigenvalue weighted by Crippen LogP contribution is 2.27. The fourth-order valence-corrected chi connectivity index (χ4v) is 3.20. The molecule has 0 aromatic heterocycles. The van der Waals surface area contributed by atoms with Crippen LogP contribution in [0.5, 0.6) is 11.5 Å². The van der Waals surface area contributed by atoms with Gasteiger partial charge in [-0.15, -0.1) is 0 Å². The Bertz CT molecular complexity index is 977. The Morgan fingerprint density at radius 2 is 1.67 bits per heavy atom. The van der Waals surface area contributed by atoms with Crippen molar-refractivity contribution in [3.63, 3.8) is 0 Å². The lowest BCUT2D eigenvalue weighted by Gasteiger charge is -2.14. The van der Waals surface area contributed by atoms with E-state index in [4.69, 9.17) is 4.74 Å². The fourth-order valence-electron chi connectivity index (χ4n) is 3.20. The van der Waals surface area contributed by atoms with Crippen molar-refractivity contribution in [2.45, 2.75) is 25.9 Å². The number of methoxy groups -OCH3 is 1. The highest BCUT2D eigenvalue weighted by Gasteiger charge is 2.13. The van der Waals surface area contributed by atoms with E-state index in [9.17, 15) is 13.6 Å². The molecule has 0 aliphatic carbocycles. The quantitative estimate of drug-likeness (QED) is 0.509. The monoisotopic (exact) mass is 411 g/mol. The van der Waals surface area contributed by atoms with E-state index < -0.39 is 6.61 Å². The van der Waals surface area contributed by atoms with E-state index in [2.05, 4.69) is 10.1 Å². The first kappa shape index (κ1) is 21.3. The van der Waals surface area contributed by atoms with Crippen molar-refractivity contribution in [2.24, 2.45) is 0 Å². The molecular weight excluding hydrogens is 388 g/mol. The summed E-state index contributed by atoms with van der Waals surface area (Å²) in [5.74, 6) is 0.666. The summed E-state index contributed by atoms with van der Waals surface area (Å²) in [5.41, 5.74) is 3.01. The van der Waals surface area contributed by atoms with E-state index in [1.807, 2.05) is 54.6 Å². The van der Waals surface area contributed by atoms with Gasteiger partial charge in [0.1, 0.15) is 11.5 Å². The van der Waals surface area contributed by atoms with Gasteiger partial charge in [-0.3, -0.25) is 4.79 Å². The van der Waals surface area contributed by atoms with E-state index >= 15 is 0 Å². The smallest absolute Gasteiger partial charge is 0.387 e. The average Bonchev–Trinajstić information content (AvgIpc) is 2.75. The van der Waals surface area contributed by atoms with Gasteiger partial charge in [-0.25, -0.2) is 0 Å². The maximum Gasteiger partial charge on any atom is 0.387 e. The van der Waals surface area contributed by atoms with Gasteiger partial charge in [0.2, 0.25) is 5.91 Å². The lowest BCUT2D eigenvalue weighted by Crippen LogP contribution is -2.13. The predicted octanol–water partition coefficient (Wildman–Crippen LogP) is 5.46. The topological polar surface area (TPSA) is 47.6 Å². The Hall–Kier alpha value is -3.41. The molecule has 0 atom stereocenters. The Morgan fingerprint density at radius 3 is 2.40 bits per heavy atom. The average molecular weight is 411 g/mol. The second kappa shape index (κ2) is 10.4. The lowest BCUT2D eigenvalue weighted by molar-refractivity contribution is -0.116. The van der Waals surface area contributed by atoms with Crippen LogP contribution in [0.25, 0.3) is 0 Å². The number of ether oxygens (including phenoxy) is 2. The first-order valence-electron chi connectivity index (χ1n) is 9.58. The third kappa shape index (κ3) is 6.04. The fraction of sp³-hybridized carbons (Fsp3) is 0.208. The molecule has 0 fully saturated rings. The third-order valence-corrected chi connectivity index (χ3v) is 4.61. The minimum Gasteiger partial charge on any atom is -0.496 e. The van der Waals surface area contributed by atoms with Crippen LogP contribution in [0.1, 0.15) is 23.1 Å². The van der Waals surface area contributed by atoms with E-state index in [1.165, 1.54) is 6.07 Å². The van der Waals surface area contributed by atoms with Gasteiger partial charge in [0.25, 0.3) is 0 Å². The number of carbonyl (C=O) groups is 1. The van der Waals surface area contributed by atoms with Crippen molar-refractivity contribution in [3.8, 4) is 11.5 Å². The van der Waals surface area contributed by atoms with Crippen molar-refractivity contribution in [2.75, 3.05) is 12.4 Å². The molecule has 3 aromatic rings. The Morgan fingerprint density at radius 1 is 0.933 bits per heavy atom. The van der Waals surface area contributed by atoms with Crippen LogP contribution in [0.15, 0.2) is 72.8 Å². The van der Waals surface area contributed by atoms with Crippen molar-refractivity contribution >= 4 is 11.6 Å². The molecule has 0 heterocycles. The second-order valence-corrected chi connectivity index (χ2v) is 6.72. The van der Waals surface area contributed by atoms with Gasteiger partial charge in [-0.1, -0.05) is 48.5 Å². The van der Waals surface area contributed by atoms with Crippen LogP contribution in [-0.2, 0) is 17.6 Å². The van der Waals surface area contributed by atoms with Crippen molar-refractivity contribution in [1.29, 1.82) is 0 Å². The summed E-state index contributed by atoms with van der Waals surface area (Å²) in [6.07, 6.45) is 1.21. The maximum atomic E-state index is 12.8. The summed E-state index contributed by atoms with van der Waals surface area (Å²) in [6.45, 7) is -2.92. The van der Waals surface area contributed by atoms with Crippen LogP contribution in [-0.4, -0.2) is 19.6 Å². The molecule has 1 amide bonds. The molecule has 0 aliphatic heterocycles. The largest absolute Gasteiger partial charge is 0.496 e. The van der Waals surface area contributed by atoms with Crippen molar-refractivity contribution < 1.29 is 23.0 Å². The zero-order valence-electron chi connectivity index (χ0n) is 16.6. The number of anilines is 1. The standard InChI is InChI=1S/C24H23F2NO3/c1-29-21-10-6-5-9-18(21)11-14-23(28)27-20-12-13-22(30-24(25)26)19(16-20)15-17-7-3-2-4-8-17/h2-10,12-13,16,24H,11,14-15H2,1H3,(H,27,28). The molecule has 0 unspecified atom stereocenters. The summed E-state index contributed by atoms with van der Waals surface area (Å²) in [4.78, 5) is 12.4. The zero-order chi connectivity index (χ0) is 21.3. The van der Waals surface area contributed by atoms with Crippen LogP contribution in [0.2, 0.25) is 0 Å². The molecule has 0 saturated carbocycles. The first-order valence-corrected chi connectivity index (χ1v) is 9.58. The van der Waals surface area contributed by atoms with Crippen molar-refractivity contribution in [1.82, 2.24) is 0 Å². The van der Waals surface area contributed by atoms with E-state index in [1.54, 1.807) is 19.2 Å².